The van der Waals surface area contributed by atoms with Crippen molar-refractivity contribution in [2.24, 2.45) is 0 Å². The number of aliphatic hydroxyl groups is 1. The van der Waals surface area contributed by atoms with Crippen LogP contribution in [-0.2, 0) is 6.42 Å². The Hall–Kier alpha value is -0.650. The highest BCUT2D eigenvalue weighted by atomic mass is 35.5. The Morgan fingerprint density at radius 3 is 2.48 bits per heavy atom. The van der Waals surface area contributed by atoms with Crippen LogP contribution >= 0.6 is 11.6 Å². The summed E-state index contributed by atoms with van der Waals surface area (Å²) in [6, 6.07) is 9.64. The van der Waals surface area contributed by atoms with Gasteiger partial charge < -0.3 is 10.4 Å². The molecule has 1 unspecified atom stereocenters. The summed E-state index contributed by atoms with van der Waals surface area (Å²) in [5.41, 5.74) is 1.34. The van der Waals surface area contributed by atoms with Gasteiger partial charge in [0.1, 0.15) is 0 Å². The van der Waals surface area contributed by atoms with Crippen LogP contribution in [0.2, 0.25) is 5.02 Å². The number of hydrogen-bond acceptors (Lipinski definition) is 4. The van der Waals surface area contributed by atoms with E-state index in [0.717, 1.165) is 37.6 Å². The molecule has 2 atom stereocenters. The zero-order chi connectivity index (χ0) is 16.2. The van der Waals surface area contributed by atoms with Crippen LogP contribution in [0.1, 0.15) is 18.4 Å². The Morgan fingerprint density at radius 1 is 1.13 bits per heavy atom. The molecule has 2 fully saturated rings. The van der Waals surface area contributed by atoms with Crippen LogP contribution in [0, 0.1) is 0 Å². The molecule has 0 radical (unpaired) electrons. The normalized spacial score (nSPS) is 28.1. The number of halogens is 1. The lowest BCUT2D eigenvalue weighted by molar-refractivity contribution is -0.0120. The van der Waals surface area contributed by atoms with Crippen LogP contribution in [-0.4, -0.2) is 72.9 Å². The molecule has 1 aromatic rings. The number of rotatable bonds is 4. The van der Waals surface area contributed by atoms with E-state index in [0.29, 0.717) is 12.1 Å². The monoisotopic (exact) mass is 337 g/mol. The van der Waals surface area contributed by atoms with Gasteiger partial charge >= 0.3 is 0 Å². The van der Waals surface area contributed by atoms with Gasteiger partial charge in [-0.25, -0.2) is 0 Å². The second-order valence-corrected chi connectivity index (χ2v) is 7.37. The number of nitrogens with zero attached hydrogens (tertiary/aromatic N) is 2. The quantitative estimate of drug-likeness (QED) is 0.875. The van der Waals surface area contributed by atoms with Gasteiger partial charge in [-0.15, -0.1) is 0 Å². The van der Waals surface area contributed by atoms with Crippen LogP contribution < -0.4 is 5.32 Å². The zero-order valence-electron chi connectivity index (χ0n) is 13.9. The van der Waals surface area contributed by atoms with Crippen molar-refractivity contribution in [1.82, 2.24) is 15.1 Å². The number of hydrogen-bond donors (Lipinski definition) is 2. The summed E-state index contributed by atoms with van der Waals surface area (Å²) in [5.74, 6) is 0. The van der Waals surface area contributed by atoms with Gasteiger partial charge in [0, 0.05) is 36.2 Å². The Bertz CT molecular complexity index is 490. The van der Waals surface area contributed by atoms with E-state index in [1.54, 1.807) is 0 Å². The predicted molar refractivity (Wildman–Crippen MR) is 95.0 cm³/mol. The van der Waals surface area contributed by atoms with Crippen LogP contribution in [0.4, 0.5) is 0 Å². The summed E-state index contributed by atoms with van der Waals surface area (Å²) in [5, 5.41) is 13.9. The number of piperidine rings is 1. The van der Waals surface area contributed by atoms with Crippen LogP contribution in [0.5, 0.6) is 0 Å². The highest BCUT2D eigenvalue weighted by Crippen LogP contribution is 2.24. The van der Waals surface area contributed by atoms with Crippen molar-refractivity contribution in [2.75, 3.05) is 39.8 Å². The number of aliphatic hydroxyl groups excluding tert-OH is 1. The first-order valence-electron chi connectivity index (χ1n) is 8.69. The summed E-state index contributed by atoms with van der Waals surface area (Å²) in [7, 11) is 2.13. The Labute approximate surface area is 144 Å². The molecule has 2 saturated heterocycles. The maximum absolute atomic E-state index is 9.69. The standard InChI is InChI=1S/C18H28ClN3O/c1-21-11-17(10-14-2-4-15(19)5-3-14)22(12-18(21)13-23)16-6-8-20-9-7-16/h2-5,16-18,20,23H,6-13H2,1H3/t17-,18?/m0/s1. The molecule has 2 aliphatic rings. The lowest BCUT2D eigenvalue weighted by Crippen LogP contribution is -2.62. The third-order valence-electron chi connectivity index (χ3n) is 5.39. The van der Waals surface area contributed by atoms with Gasteiger partial charge in [0.15, 0.2) is 0 Å². The number of nitrogens with one attached hydrogen (secondary N) is 1. The molecule has 0 saturated carbocycles. The van der Waals surface area contributed by atoms with Gasteiger partial charge in [0.2, 0.25) is 0 Å². The second-order valence-electron chi connectivity index (χ2n) is 6.94. The van der Waals surface area contributed by atoms with Gasteiger partial charge in [0.25, 0.3) is 0 Å². The van der Waals surface area contributed by atoms with E-state index in [-0.39, 0.29) is 12.6 Å². The molecule has 4 nitrogen and oxygen atoms in total. The minimum atomic E-state index is 0.242. The molecule has 5 heteroatoms. The Balaban J connectivity index is 1.74. The van der Waals surface area contributed by atoms with Crippen molar-refractivity contribution in [1.29, 1.82) is 0 Å². The molecule has 1 aromatic carbocycles. The topological polar surface area (TPSA) is 38.7 Å². The Kier molecular flexibility index (Phi) is 5.94. The van der Waals surface area contributed by atoms with Crippen molar-refractivity contribution in [3.8, 4) is 0 Å². The van der Waals surface area contributed by atoms with E-state index in [9.17, 15) is 5.11 Å². The first-order chi connectivity index (χ1) is 11.2. The molecule has 0 spiro atoms. The van der Waals surface area contributed by atoms with Crippen molar-refractivity contribution >= 4 is 11.6 Å². The highest BCUT2D eigenvalue weighted by molar-refractivity contribution is 6.30. The third kappa shape index (κ3) is 4.25. The average molecular weight is 338 g/mol. The summed E-state index contributed by atoms with van der Waals surface area (Å²) in [6.45, 7) is 4.43. The van der Waals surface area contributed by atoms with Crippen LogP contribution in [0.25, 0.3) is 0 Å². The maximum atomic E-state index is 9.69. The molecule has 2 aliphatic heterocycles. The summed E-state index contributed by atoms with van der Waals surface area (Å²) < 4.78 is 0. The zero-order valence-corrected chi connectivity index (χ0v) is 14.7. The van der Waals surface area contributed by atoms with Crippen molar-refractivity contribution in [3.05, 3.63) is 34.9 Å². The fourth-order valence-corrected chi connectivity index (χ4v) is 4.10. The van der Waals surface area contributed by atoms with Gasteiger partial charge in [-0.2, -0.15) is 0 Å². The minimum Gasteiger partial charge on any atom is -0.395 e. The van der Waals surface area contributed by atoms with E-state index < -0.39 is 0 Å². The molecule has 0 amide bonds. The number of likely N-dealkylation sites (N-methyl/N-ethyl adjacent to an activating group) is 1. The van der Waals surface area contributed by atoms with E-state index in [1.807, 2.05) is 12.1 Å². The summed E-state index contributed by atoms with van der Waals surface area (Å²) >= 11 is 6.01. The van der Waals surface area contributed by atoms with Gasteiger partial charge in [-0.3, -0.25) is 9.80 Å². The Morgan fingerprint density at radius 2 is 1.83 bits per heavy atom. The molecule has 128 valence electrons. The van der Waals surface area contributed by atoms with Gasteiger partial charge in [0.05, 0.1) is 6.61 Å². The molecule has 23 heavy (non-hydrogen) atoms. The number of piperazine rings is 1. The fraction of sp³-hybridized carbons (Fsp3) is 0.667. The summed E-state index contributed by atoms with van der Waals surface area (Å²) in [4.78, 5) is 4.98. The summed E-state index contributed by atoms with van der Waals surface area (Å²) in [6.07, 6.45) is 3.46. The smallest absolute Gasteiger partial charge is 0.0599 e. The molecule has 0 aromatic heterocycles. The van der Waals surface area contributed by atoms with Crippen LogP contribution in [0.3, 0.4) is 0 Å². The molecular weight excluding hydrogens is 310 g/mol. The fourth-order valence-electron chi connectivity index (χ4n) is 3.98. The largest absolute Gasteiger partial charge is 0.395 e. The van der Waals surface area contributed by atoms with Crippen LogP contribution in [0.15, 0.2) is 24.3 Å². The molecule has 0 aliphatic carbocycles. The van der Waals surface area contributed by atoms with Crippen molar-refractivity contribution < 1.29 is 5.11 Å². The van der Waals surface area contributed by atoms with E-state index >= 15 is 0 Å². The van der Waals surface area contributed by atoms with Gasteiger partial charge in [-0.05, 0) is 57.1 Å². The third-order valence-corrected chi connectivity index (χ3v) is 5.64. The first kappa shape index (κ1) is 17.2. The first-order valence-corrected chi connectivity index (χ1v) is 9.07. The van der Waals surface area contributed by atoms with Gasteiger partial charge in [-0.1, -0.05) is 23.7 Å². The minimum absolute atomic E-state index is 0.242. The maximum Gasteiger partial charge on any atom is 0.0599 e. The van der Waals surface area contributed by atoms with E-state index in [2.05, 4.69) is 34.3 Å². The lowest BCUT2D eigenvalue weighted by atomic mass is 9.94. The molecular formula is C18H28ClN3O. The molecule has 3 rings (SSSR count). The molecule has 2 N–H and O–H groups in total. The van der Waals surface area contributed by atoms with E-state index in [4.69, 9.17) is 11.6 Å². The highest BCUT2D eigenvalue weighted by Gasteiger charge is 2.35. The molecule has 0 bridgehead atoms. The predicted octanol–water partition coefficient (Wildman–Crippen LogP) is 1.61. The number of benzene rings is 1. The lowest BCUT2D eigenvalue weighted by Gasteiger charge is -2.49. The molecule has 2 heterocycles. The average Bonchev–Trinajstić information content (AvgIpc) is 2.58. The van der Waals surface area contributed by atoms with Crippen molar-refractivity contribution in [2.45, 2.75) is 37.4 Å². The van der Waals surface area contributed by atoms with Crippen molar-refractivity contribution in [3.63, 3.8) is 0 Å². The SMILES string of the molecule is CN1C[C@H](Cc2ccc(Cl)cc2)N(C2CCNCC2)CC1CO. The second kappa shape index (κ2) is 7.95. The van der Waals surface area contributed by atoms with E-state index in [1.165, 1.54) is 18.4 Å².